The summed E-state index contributed by atoms with van der Waals surface area (Å²) in [6.07, 6.45) is 2.22. The predicted octanol–water partition coefficient (Wildman–Crippen LogP) is 2.85. The van der Waals surface area contributed by atoms with Crippen LogP contribution in [0.2, 0.25) is 0 Å². The van der Waals surface area contributed by atoms with Crippen molar-refractivity contribution in [1.82, 2.24) is 10.3 Å². The average molecular weight is 260 g/mol. The van der Waals surface area contributed by atoms with Crippen LogP contribution in [0.4, 0.5) is 0 Å². The summed E-state index contributed by atoms with van der Waals surface area (Å²) in [5, 5.41) is 6.33. The molecule has 2 heterocycles. The van der Waals surface area contributed by atoms with E-state index in [1.807, 2.05) is 7.05 Å². The van der Waals surface area contributed by atoms with E-state index in [4.69, 9.17) is 4.74 Å². The van der Waals surface area contributed by atoms with Gasteiger partial charge in [-0.05, 0) is 43.7 Å². The summed E-state index contributed by atoms with van der Waals surface area (Å²) in [5.41, 5.74) is 3.61. The molecule has 1 aliphatic heterocycles. The second kappa shape index (κ2) is 5.08. The first-order chi connectivity index (χ1) is 8.86. The Morgan fingerprint density at radius 2 is 2.39 bits per heavy atom. The van der Waals surface area contributed by atoms with Crippen LogP contribution in [0.3, 0.4) is 0 Å². The van der Waals surface area contributed by atoms with Gasteiger partial charge >= 0.3 is 0 Å². The first-order valence-electron chi connectivity index (χ1n) is 6.22. The highest BCUT2D eigenvalue weighted by Gasteiger charge is 2.12. The lowest BCUT2D eigenvalue weighted by Gasteiger charge is -2.17. The lowest BCUT2D eigenvalue weighted by Crippen LogP contribution is -2.08. The van der Waals surface area contributed by atoms with Crippen LogP contribution in [0.1, 0.15) is 17.7 Å². The zero-order valence-electron chi connectivity index (χ0n) is 10.4. The molecule has 0 fully saturated rings. The van der Waals surface area contributed by atoms with Crippen LogP contribution in [0.25, 0.3) is 10.6 Å². The highest BCUT2D eigenvalue weighted by atomic mass is 32.1. The van der Waals surface area contributed by atoms with Crippen LogP contribution in [-0.4, -0.2) is 18.6 Å². The van der Waals surface area contributed by atoms with Crippen molar-refractivity contribution in [3.05, 3.63) is 34.8 Å². The molecule has 94 valence electrons. The molecule has 1 N–H and O–H groups in total. The summed E-state index contributed by atoms with van der Waals surface area (Å²) in [6, 6.07) is 6.39. The molecule has 0 atom stereocenters. The van der Waals surface area contributed by atoms with Crippen molar-refractivity contribution in [2.75, 3.05) is 13.7 Å². The fraction of sp³-hybridized carbons (Fsp3) is 0.357. The number of rotatable bonds is 3. The fourth-order valence-electron chi connectivity index (χ4n) is 2.20. The maximum atomic E-state index is 5.63. The number of benzene rings is 1. The summed E-state index contributed by atoms with van der Waals surface area (Å²) >= 11 is 1.70. The SMILES string of the molecule is CNCc1csc(-c2ccc3c(c2)CCCO3)n1. The van der Waals surface area contributed by atoms with Crippen LogP contribution in [0.5, 0.6) is 5.75 Å². The van der Waals surface area contributed by atoms with Gasteiger partial charge in [-0.15, -0.1) is 11.3 Å². The molecular weight excluding hydrogens is 244 g/mol. The van der Waals surface area contributed by atoms with Crippen LogP contribution in [-0.2, 0) is 13.0 Å². The van der Waals surface area contributed by atoms with E-state index >= 15 is 0 Å². The van der Waals surface area contributed by atoms with Gasteiger partial charge in [0.25, 0.3) is 0 Å². The summed E-state index contributed by atoms with van der Waals surface area (Å²) in [7, 11) is 1.94. The number of nitrogens with zero attached hydrogens (tertiary/aromatic N) is 1. The number of thiazole rings is 1. The minimum absolute atomic E-state index is 0.824. The number of aryl methyl sites for hydroxylation is 1. The van der Waals surface area contributed by atoms with Crippen molar-refractivity contribution < 1.29 is 4.74 Å². The Morgan fingerprint density at radius 3 is 3.28 bits per heavy atom. The molecule has 0 saturated heterocycles. The standard InChI is InChI=1S/C14H16N2OS/c1-15-8-12-9-18-14(16-12)11-4-5-13-10(7-11)3-2-6-17-13/h4-5,7,9,15H,2-3,6,8H2,1H3. The van der Waals surface area contributed by atoms with E-state index in [1.165, 1.54) is 11.1 Å². The van der Waals surface area contributed by atoms with Crippen molar-refractivity contribution in [1.29, 1.82) is 0 Å². The van der Waals surface area contributed by atoms with E-state index in [1.54, 1.807) is 11.3 Å². The third-order valence-corrected chi connectivity index (χ3v) is 4.01. The molecule has 0 amide bonds. The summed E-state index contributed by atoms with van der Waals surface area (Å²) in [4.78, 5) is 4.63. The van der Waals surface area contributed by atoms with Crippen LogP contribution >= 0.6 is 11.3 Å². The Bertz CT molecular complexity index is 550. The minimum atomic E-state index is 0.824. The fourth-order valence-corrected chi connectivity index (χ4v) is 3.01. The summed E-state index contributed by atoms with van der Waals surface area (Å²) < 4.78 is 5.63. The van der Waals surface area contributed by atoms with Crippen LogP contribution in [0.15, 0.2) is 23.6 Å². The molecule has 18 heavy (non-hydrogen) atoms. The van der Waals surface area contributed by atoms with Crippen molar-refractivity contribution in [3.63, 3.8) is 0 Å². The summed E-state index contributed by atoms with van der Waals surface area (Å²) in [5.74, 6) is 1.04. The van der Waals surface area contributed by atoms with E-state index in [-0.39, 0.29) is 0 Å². The van der Waals surface area contributed by atoms with Gasteiger partial charge in [0.1, 0.15) is 10.8 Å². The first kappa shape index (κ1) is 11.7. The van der Waals surface area contributed by atoms with E-state index in [2.05, 4.69) is 33.9 Å². The molecule has 0 spiro atoms. The Kier molecular flexibility index (Phi) is 3.30. The zero-order chi connectivity index (χ0) is 12.4. The molecule has 0 radical (unpaired) electrons. The van der Waals surface area contributed by atoms with Crippen LogP contribution in [0, 0.1) is 0 Å². The number of aromatic nitrogens is 1. The second-order valence-corrected chi connectivity index (χ2v) is 5.31. The maximum Gasteiger partial charge on any atom is 0.123 e. The smallest absolute Gasteiger partial charge is 0.123 e. The third-order valence-electron chi connectivity index (χ3n) is 3.07. The van der Waals surface area contributed by atoms with Gasteiger partial charge in [0.05, 0.1) is 12.3 Å². The molecule has 2 aromatic rings. The van der Waals surface area contributed by atoms with Crippen molar-refractivity contribution >= 4 is 11.3 Å². The van der Waals surface area contributed by atoms with E-state index in [9.17, 15) is 0 Å². The van der Waals surface area contributed by atoms with Crippen molar-refractivity contribution in [3.8, 4) is 16.3 Å². The van der Waals surface area contributed by atoms with E-state index in [0.29, 0.717) is 0 Å². The molecule has 1 aromatic heterocycles. The highest BCUT2D eigenvalue weighted by molar-refractivity contribution is 7.13. The van der Waals surface area contributed by atoms with Gasteiger partial charge in [-0.25, -0.2) is 4.98 Å². The second-order valence-electron chi connectivity index (χ2n) is 4.45. The number of fused-ring (bicyclic) bond motifs is 1. The topological polar surface area (TPSA) is 34.1 Å². The summed E-state index contributed by atoms with van der Waals surface area (Å²) in [6.45, 7) is 1.67. The Labute approximate surface area is 111 Å². The third kappa shape index (κ3) is 2.26. The minimum Gasteiger partial charge on any atom is -0.493 e. The van der Waals surface area contributed by atoms with Gasteiger partial charge in [0.15, 0.2) is 0 Å². The lowest BCUT2D eigenvalue weighted by atomic mass is 10.0. The monoisotopic (exact) mass is 260 g/mol. The molecule has 0 aliphatic carbocycles. The van der Waals surface area contributed by atoms with Crippen molar-refractivity contribution in [2.45, 2.75) is 19.4 Å². The number of ether oxygens (including phenoxy) is 1. The molecule has 0 saturated carbocycles. The molecule has 3 rings (SSSR count). The molecular formula is C14H16N2OS. The first-order valence-corrected chi connectivity index (χ1v) is 7.10. The molecule has 4 heteroatoms. The Morgan fingerprint density at radius 1 is 1.44 bits per heavy atom. The average Bonchev–Trinajstić information content (AvgIpc) is 2.87. The maximum absolute atomic E-state index is 5.63. The van der Waals surface area contributed by atoms with E-state index in [0.717, 1.165) is 42.4 Å². The zero-order valence-corrected chi connectivity index (χ0v) is 11.2. The van der Waals surface area contributed by atoms with Gasteiger partial charge in [-0.3, -0.25) is 0 Å². The highest BCUT2D eigenvalue weighted by Crippen LogP contribution is 2.31. The van der Waals surface area contributed by atoms with Gasteiger partial charge in [-0.2, -0.15) is 0 Å². The molecule has 1 aliphatic rings. The predicted molar refractivity (Wildman–Crippen MR) is 74.1 cm³/mol. The largest absolute Gasteiger partial charge is 0.493 e. The lowest BCUT2D eigenvalue weighted by molar-refractivity contribution is 0.288. The molecule has 1 aromatic carbocycles. The van der Waals surface area contributed by atoms with Gasteiger partial charge in [0, 0.05) is 17.5 Å². The van der Waals surface area contributed by atoms with E-state index < -0.39 is 0 Å². The number of nitrogens with one attached hydrogen (secondary N) is 1. The molecule has 3 nitrogen and oxygen atoms in total. The quantitative estimate of drug-likeness (QED) is 0.921. The van der Waals surface area contributed by atoms with Gasteiger partial charge in [0.2, 0.25) is 0 Å². The number of hydrogen-bond acceptors (Lipinski definition) is 4. The Balaban J connectivity index is 1.91. The van der Waals surface area contributed by atoms with Crippen LogP contribution < -0.4 is 10.1 Å². The van der Waals surface area contributed by atoms with Gasteiger partial charge in [-0.1, -0.05) is 0 Å². The number of hydrogen-bond donors (Lipinski definition) is 1. The normalized spacial score (nSPS) is 14.1. The molecule has 0 bridgehead atoms. The molecule has 0 unspecified atom stereocenters. The van der Waals surface area contributed by atoms with Crippen molar-refractivity contribution in [2.24, 2.45) is 0 Å². The van der Waals surface area contributed by atoms with Gasteiger partial charge < -0.3 is 10.1 Å². The Hall–Kier alpha value is -1.39.